The van der Waals surface area contributed by atoms with Crippen LogP contribution in [0.25, 0.3) is 0 Å². The van der Waals surface area contributed by atoms with Crippen molar-refractivity contribution in [2.24, 2.45) is 5.10 Å². The lowest BCUT2D eigenvalue weighted by atomic mass is 10.1. The molecule has 0 radical (unpaired) electrons. The zero-order valence-corrected chi connectivity index (χ0v) is 15.6. The molecule has 0 aromatic heterocycles. The Kier molecular flexibility index (Phi) is 6.38. The van der Waals surface area contributed by atoms with Crippen LogP contribution < -0.4 is 10.7 Å². The Labute approximate surface area is 153 Å². The molecule has 0 bridgehead atoms. The lowest BCUT2D eigenvalue weighted by Crippen LogP contribution is -2.36. The van der Waals surface area contributed by atoms with E-state index in [1.807, 2.05) is 51.1 Å². The molecule has 2 rings (SSSR count). The van der Waals surface area contributed by atoms with Gasteiger partial charge in [0.25, 0.3) is 0 Å². The molecule has 1 aromatic carbocycles. The van der Waals surface area contributed by atoms with Gasteiger partial charge in [-0.15, -0.1) is 0 Å². The van der Waals surface area contributed by atoms with Gasteiger partial charge in [-0.05, 0) is 33.3 Å². The molecule has 0 saturated carbocycles. The number of rotatable bonds is 6. The Morgan fingerprint density at radius 3 is 2.54 bits per heavy atom. The first-order valence-electron chi connectivity index (χ1n) is 8.52. The van der Waals surface area contributed by atoms with Gasteiger partial charge in [-0.25, -0.2) is 10.2 Å². The van der Waals surface area contributed by atoms with Gasteiger partial charge in [0, 0.05) is 5.54 Å². The normalized spacial score (nSPS) is 15.6. The number of ether oxygens (including phenoxy) is 2. The molecule has 0 spiro atoms. The first-order chi connectivity index (χ1) is 12.3. The molecular formula is C19H25N3O4. The summed E-state index contributed by atoms with van der Waals surface area (Å²) in [7, 11) is 0. The maximum Gasteiger partial charge on any atom is 0.345 e. The van der Waals surface area contributed by atoms with Crippen molar-refractivity contribution in [3.63, 3.8) is 0 Å². The van der Waals surface area contributed by atoms with Crippen LogP contribution in [0.2, 0.25) is 0 Å². The van der Waals surface area contributed by atoms with Crippen molar-refractivity contribution in [2.45, 2.75) is 39.7 Å². The topological polar surface area (TPSA) is 89.0 Å². The average Bonchev–Trinajstić information content (AvgIpc) is 2.95. The van der Waals surface area contributed by atoms with Gasteiger partial charge < -0.3 is 14.8 Å². The van der Waals surface area contributed by atoms with Crippen LogP contribution in [0.4, 0.5) is 0 Å². The molecule has 0 saturated heterocycles. The SMILES string of the molecule is CCOC(=O)C1=C(NC(C)(C)C)OC/C1=N\NC(=O)Cc1ccccc1. The van der Waals surface area contributed by atoms with Crippen molar-refractivity contribution in [3.8, 4) is 0 Å². The fourth-order valence-corrected chi connectivity index (χ4v) is 2.31. The third-order valence-corrected chi connectivity index (χ3v) is 3.36. The number of hydrogen-bond donors (Lipinski definition) is 2. The largest absolute Gasteiger partial charge is 0.472 e. The summed E-state index contributed by atoms with van der Waals surface area (Å²) in [4.78, 5) is 24.4. The minimum absolute atomic E-state index is 0.0815. The van der Waals surface area contributed by atoms with Gasteiger partial charge in [-0.2, -0.15) is 5.10 Å². The minimum Gasteiger partial charge on any atom is -0.472 e. The molecule has 2 N–H and O–H groups in total. The Hall–Kier alpha value is -2.83. The predicted octanol–water partition coefficient (Wildman–Crippen LogP) is 1.89. The minimum atomic E-state index is -0.534. The quantitative estimate of drug-likeness (QED) is 0.598. The Bertz CT molecular complexity index is 718. The van der Waals surface area contributed by atoms with E-state index in [0.29, 0.717) is 11.6 Å². The van der Waals surface area contributed by atoms with E-state index in [1.54, 1.807) is 6.92 Å². The van der Waals surface area contributed by atoms with Gasteiger partial charge in [0.2, 0.25) is 11.8 Å². The number of benzene rings is 1. The molecule has 0 aliphatic carbocycles. The molecular weight excluding hydrogens is 334 g/mol. The molecule has 0 unspecified atom stereocenters. The molecule has 1 aromatic rings. The molecule has 1 aliphatic heterocycles. The van der Waals surface area contributed by atoms with Crippen molar-refractivity contribution in [1.29, 1.82) is 0 Å². The van der Waals surface area contributed by atoms with Crippen molar-refractivity contribution < 1.29 is 19.1 Å². The molecule has 0 atom stereocenters. The zero-order chi connectivity index (χ0) is 19.2. The van der Waals surface area contributed by atoms with Crippen LogP contribution in [0.3, 0.4) is 0 Å². The predicted molar refractivity (Wildman–Crippen MR) is 98.2 cm³/mol. The van der Waals surface area contributed by atoms with Gasteiger partial charge >= 0.3 is 5.97 Å². The van der Waals surface area contributed by atoms with Gasteiger partial charge in [-0.3, -0.25) is 4.79 Å². The van der Waals surface area contributed by atoms with E-state index >= 15 is 0 Å². The molecule has 7 nitrogen and oxygen atoms in total. The second-order valence-corrected chi connectivity index (χ2v) is 6.84. The van der Waals surface area contributed by atoms with Crippen LogP contribution in [0.1, 0.15) is 33.3 Å². The van der Waals surface area contributed by atoms with Crippen LogP contribution in [-0.2, 0) is 25.5 Å². The van der Waals surface area contributed by atoms with Crippen molar-refractivity contribution in [3.05, 3.63) is 47.4 Å². The number of carbonyl (C=O) groups is 2. The zero-order valence-electron chi connectivity index (χ0n) is 15.6. The third-order valence-electron chi connectivity index (χ3n) is 3.36. The fourth-order valence-electron chi connectivity index (χ4n) is 2.31. The summed E-state index contributed by atoms with van der Waals surface area (Å²) in [5, 5.41) is 7.21. The number of hydrogen-bond acceptors (Lipinski definition) is 6. The summed E-state index contributed by atoms with van der Waals surface area (Å²) in [6.45, 7) is 7.88. The number of esters is 1. The van der Waals surface area contributed by atoms with E-state index in [0.717, 1.165) is 5.56 Å². The first kappa shape index (κ1) is 19.5. The third kappa shape index (κ3) is 5.61. The molecule has 1 aliphatic rings. The number of nitrogens with zero attached hydrogens (tertiary/aromatic N) is 1. The lowest BCUT2D eigenvalue weighted by molar-refractivity contribution is -0.138. The summed E-state index contributed by atoms with van der Waals surface area (Å²) < 4.78 is 10.7. The average molecular weight is 359 g/mol. The summed E-state index contributed by atoms with van der Waals surface area (Å²) in [5.74, 6) is -0.496. The van der Waals surface area contributed by atoms with Gasteiger partial charge in [0.15, 0.2) is 0 Å². The maximum absolute atomic E-state index is 12.3. The van der Waals surface area contributed by atoms with Crippen LogP contribution in [-0.4, -0.2) is 36.3 Å². The highest BCUT2D eigenvalue weighted by atomic mass is 16.5. The molecule has 1 heterocycles. The monoisotopic (exact) mass is 359 g/mol. The van der Waals surface area contributed by atoms with Crippen molar-refractivity contribution in [2.75, 3.05) is 13.2 Å². The van der Waals surface area contributed by atoms with Crippen LogP contribution in [0, 0.1) is 0 Å². The van der Waals surface area contributed by atoms with E-state index in [9.17, 15) is 9.59 Å². The summed E-state index contributed by atoms with van der Waals surface area (Å²) in [6, 6.07) is 9.34. The highest BCUT2D eigenvalue weighted by Gasteiger charge is 2.32. The van der Waals surface area contributed by atoms with Crippen molar-refractivity contribution >= 4 is 17.6 Å². The highest BCUT2D eigenvalue weighted by molar-refractivity contribution is 6.22. The smallest absolute Gasteiger partial charge is 0.345 e. The first-order valence-corrected chi connectivity index (χ1v) is 8.52. The summed E-state index contributed by atoms with van der Waals surface area (Å²) >= 11 is 0. The molecule has 0 fully saturated rings. The number of carbonyl (C=O) groups excluding carboxylic acids is 2. The van der Waals surface area contributed by atoms with Crippen LogP contribution >= 0.6 is 0 Å². The van der Waals surface area contributed by atoms with E-state index in [-0.39, 0.29) is 36.7 Å². The Morgan fingerprint density at radius 1 is 1.23 bits per heavy atom. The Morgan fingerprint density at radius 2 is 1.92 bits per heavy atom. The molecule has 7 heteroatoms. The highest BCUT2D eigenvalue weighted by Crippen LogP contribution is 2.19. The molecule has 1 amide bonds. The van der Waals surface area contributed by atoms with Gasteiger partial charge in [0.05, 0.1) is 13.0 Å². The Balaban J connectivity index is 2.14. The van der Waals surface area contributed by atoms with E-state index in [4.69, 9.17) is 9.47 Å². The van der Waals surface area contributed by atoms with E-state index < -0.39 is 5.97 Å². The molecule has 26 heavy (non-hydrogen) atoms. The van der Waals surface area contributed by atoms with Crippen LogP contribution in [0.15, 0.2) is 46.9 Å². The van der Waals surface area contributed by atoms with Gasteiger partial charge in [-0.1, -0.05) is 30.3 Å². The fraction of sp³-hybridized carbons (Fsp3) is 0.421. The van der Waals surface area contributed by atoms with Crippen LogP contribution in [0.5, 0.6) is 0 Å². The lowest BCUT2D eigenvalue weighted by Gasteiger charge is -2.22. The summed E-state index contributed by atoms with van der Waals surface area (Å²) in [6.07, 6.45) is 0.198. The number of amides is 1. The maximum atomic E-state index is 12.3. The number of hydrazone groups is 1. The standard InChI is InChI=1S/C19H25N3O4/c1-5-25-18(24)16-14(12-26-17(16)20-19(2,3)4)21-22-15(23)11-13-9-7-6-8-10-13/h6-10,20H,5,11-12H2,1-4H3,(H,22,23)/b21-14+. The summed E-state index contributed by atoms with van der Waals surface area (Å²) in [5.41, 5.74) is 3.60. The van der Waals surface area contributed by atoms with Crippen molar-refractivity contribution in [1.82, 2.24) is 10.7 Å². The second kappa shape index (κ2) is 8.51. The molecule has 140 valence electrons. The second-order valence-electron chi connectivity index (χ2n) is 6.84. The van der Waals surface area contributed by atoms with E-state index in [2.05, 4.69) is 15.8 Å². The number of nitrogens with one attached hydrogen (secondary N) is 2. The van der Waals surface area contributed by atoms with Gasteiger partial charge in [0.1, 0.15) is 17.9 Å². The van der Waals surface area contributed by atoms with E-state index in [1.165, 1.54) is 0 Å².